The minimum Gasteiger partial charge on any atom is -0.504 e. The number of carbonyl (C=O) groups is 1. The van der Waals surface area contributed by atoms with Crippen molar-refractivity contribution < 1.29 is 29.6 Å². The van der Waals surface area contributed by atoms with E-state index in [9.17, 15) is 20.1 Å². The Kier molecular flexibility index (Phi) is 6.88. The highest BCUT2D eigenvalue weighted by Crippen LogP contribution is 2.36. The monoisotopic (exact) mass is 370 g/mol. The quantitative estimate of drug-likeness (QED) is 0.373. The van der Waals surface area contributed by atoms with Crippen molar-refractivity contribution in [2.75, 3.05) is 14.2 Å². The minimum absolute atomic E-state index is 0.0437. The molecule has 0 saturated heterocycles. The highest BCUT2D eigenvalue weighted by molar-refractivity contribution is 5.90. The Labute approximate surface area is 157 Å². The van der Waals surface area contributed by atoms with Crippen LogP contribution in [0.5, 0.6) is 28.7 Å². The highest BCUT2D eigenvalue weighted by Gasteiger charge is 2.08. The second kappa shape index (κ2) is 9.33. The lowest BCUT2D eigenvalue weighted by molar-refractivity contribution is -0.114. The number of aryl methyl sites for hydroxylation is 1. The first kappa shape index (κ1) is 19.9. The number of hydrogen-bond acceptors (Lipinski definition) is 6. The zero-order valence-corrected chi connectivity index (χ0v) is 15.2. The molecule has 0 atom stereocenters. The van der Waals surface area contributed by atoms with E-state index in [4.69, 9.17) is 9.47 Å². The summed E-state index contributed by atoms with van der Waals surface area (Å²) in [6, 6.07) is 7.95. The van der Waals surface area contributed by atoms with Gasteiger partial charge in [0, 0.05) is 6.42 Å². The Morgan fingerprint density at radius 3 is 2.41 bits per heavy atom. The molecule has 2 rings (SSSR count). The van der Waals surface area contributed by atoms with Gasteiger partial charge in [-0.05, 0) is 47.9 Å². The number of ether oxygens (including phenoxy) is 2. The average molecular weight is 370 g/mol. The summed E-state index contributed by atoms with van der Waals surface area (Å²) in [5, 5.41) is 28.8. The van der Waals surface area contributed by atoms with Gasteiger partial charge in [0.15, 0.2) is 28.8 Å². The smallest absolute Gasteiger partial charge is 0.200 e. The van der Waals surface area contributed by atoms with Gasteiger partial charge in [-0.3, -0.25) is 4.79 Å². The first-order valence-electron chi connectivity index (χ1n) is 8.28. The SMILES string of the molecule is COc1cc(CCC(=O)/C=C/C=C/c2cc(O)c(O)c(OC)c2)ccc1O. The van der Waals surface area contributed by atoms with Crippen molar-refractivity contribution in [3.63, 3.8) is 0 Å². The van der Waals surface area contributed by atoms with Gasteiger partial charge in [-0.25, -0.2) is 0 Å². The molecule has 0 spiro atoms. The summed E-state index contributed by atoms with van der Waals surface area (Å²) in [5.74, 6) is -0.0259. The summed E-state index contributed by atoms with van der Waals surface area (Å²) < 4.78 is 10.0. The molecule has 0 amide bonds. The number of allylic oxidation sites excluding steroid dienone is 3. The fraction of sp³-hybridized carbons (Fsp3) is 0.190. The number of rotatable bonds is 8. The van der Waals surface area contributed by atoms with Crippen LogP contribution in [0.2, 0.25) is 0 Å². The molecule has 0 aliphatic heterocycles. The van der Waals surface area contributed by atoms with Gasteiger partial charge in [-0.2, -0.15) is 0 Å². The molecule has 2 aromatic rings. The van der Waals surface area contributed by atoms with Crippen LogP contribution in [0.1, 0.15) is 17.5 Å². The Morgan fingerprint density at radius 2 is 1.70 bits per heavy atom. The third-order valence-corrected chi connectivity index (χ3v) is 3.88. The van der Waals surface area contributed by atoms with Crippen molar-refractivity contribution in [1.82, 2.24) is 0 Å². The van der Waals surface area contributed by atoms with Gasteiger partial charge in [0.25, 0.3) is 0 Å². The lowest BCUT2D eigenvalue weighted by Gasteiger charge is -2.06. The molecular formula is C21H22O6. The number of methoxy groups -OCH3 is 2. The second-order valence-electron chi connectivity index (χ2n) is 5.78. The summed E-state index contributed by atoms with van der Waals surface area (Å²) in [4.78, 5) is 12.0. The number of aromatic hydroxyl groups is 3. The summed E-state index contributed by atoms with van der Waals surface area (Å²) in [7, 11) is 2.87. The molecule has 0 saturated carbocycles. The molecule has 0 radical (unpaired) electrons. The van der Waals surface area contributed by atoms with E-state index >= 15 is 0 Å². The van der Waals surface area contributed by atoms with Gasteiger partial charge < -0.3 is 24.8 Å². The van der Waals surface area contributed by atoms with Gasteiger partial charge in [0.05, 0.1) is 14.2 Å². The molecule has 27 heavy (non-hydrogen) atoms. The number of hydrogen-bond donors (Lipinski definition) is 3. The van der Waals surface area contributed by atoms with E-state index in [1.165, 1.54) is 26.4 Å². The van der Waals surface area contributed by atoms with Crippen molar-refractivity contribution in [2.24, 2.45) is 0 Å². The van der Waals surface area contributed by atoms with E-state index in [1.807, 2.05) is 0 Å². The molecule has 0 unspecified atom stereocenters. The van der Waals surface area contributed by atoms with E-state index in [0.717, 1.165) is 5.56 Å². The van der Waals surface area contributed by atoms with Gasteiger partial charge in [-0.15, -0.1) is 0 Å². The van der Waals surface area contributed by atoms with Crippen molar-refractivity contribution >= 4 is 11.9 Å². The van der Waals surface area contributed by atoms with Crippen molar-refractivity contribution in [2.45, 2.75) is 12.8 Å². The molecule has 0 heterocycles. The number of carbonyl (C=O) groups excluding carboxylic acids is 1. The molecule has 6 nitrogen and oxygen atoms in total. The number of benzene rings is 2. The third kappa shape index (κ3) is 5.54. The fourth-order valence-electron chi connectivity index (χ4n) is 2.42. The van der Waals surface area contributed by atoms with Gasteiger partial charge in [-0.1, -0.05) is 24.3 Å². The van der Waals surface area contributed by atoms with E-state index in [1.54, 1.807) is 42.5 Å². The summed E-state index contributed by atoms with van der Waals surface area (Å²) in [6.45, 7) is 0. The van der Waals surface area contributed by atoms with Gasteiger partial charge >= 0.3 is 0 Å². The Morgan fingerprint density at radius 1 is 0.963 bits per heavy atom. The Bertz CT molecular complexity index is 867. The number of phenolic OH excluding ortho intramolecular Hbond substituents is 3. The van der Waals surface area contributed by atoms with Gasteiger partial charge in [0.1, 0.15) is 0 Å². The molecule has 3 N–H and O–H groups in total. The topological polar surface area (TPSA) is 96.2 Å². The maximum atomic E-state index is 12.0. The largest absolute Gasteiger partial charge is 0.504 e. The molecule has 6 heteroatoms. The van der Waals surface area contributed by atoms with E-state index in [-0.39, 0.29) is 28.8 Å². The summed E-state index contributed by atoms with van der Waals surface area (Å²) in [5.41, 5.74) is 1.52. The predicted octanol–water partition coefficient (Wildman–Crippen LogP) is 3.59. The van der Waals surface area contributed by atoms with Crippen LogP contribution in [0, 0.1) is 0 Å². The van der Waals surface area contributed by atoms with Crippen LogP contribution in [-0.4, -0.2) is 35.3 Å². The maximum absolute atomic E-state index is 12.0. The van der Waals surface area contributed by atoms with E-state index < -0.39 is 0 Å². The van der Waals surface area contributed by atoms with Crippen LogP contribution in [0.25, 0.3) is 6.08 Å². The molecule has 142 valence electrons. The summed E-state index contributed by atoms with van der Waals surface area (Å²) in [6.07, 6.45) is 7.27. The second-order valence-corrected chi connectivity index (χ2v) is 5.78. The molecule has 0 aliphatic carbocycles. The average Bonchev–Trinajstić information content (AvgIpc) is 2.67. The van der Waals surface area contributed by atoms with Crippen LogP contribution in [0.4, 0.5) is 0 Å². The molecule has 2 aromatic carbocycles. The standard InChI is InChI=1S/C21H22O6/c1-26-19-12-14(8-10-17(19)23)7-9-16(22)6-4-3-5-15-11-18(24)21(25)20(13-15)27-2/h3-6,8,10-13,23-25H,7,9H2,1-2H3/b5-3+,6-4+. The molecule has 0 aliphatic rings. The minimum atomic E-state index is -0.314. The maximum Gasteiger partial charge on any atom is 0.200 e. The number of ketones is 1. The van der Waals surface area contributed by atoms with Gasteiger partial charge in [0.2, 0.25) is 5.75 Å². The first-order valence-corrected chi connectivity index (χ1v) is 8.28. The Balaban J connectivity index is 1.91. The molecule has 0 bridgehead atoms. The zero-order chi connectivity index (χ0) is 19.8. The molecule has 0 aromatic heterocycles. The van der Waals surface area contributed by atoms with Crippen molar-refractivity contribution in [3.05, 3.63) is 59.7 Å². The van der Waals surface area contributed by atoms with Crippen molar-refractivity contribution in [3.8, 4) is 28.7 Å². The van der Waals surface area contributed by atoms with Crippen LogP contribution in [0.3, 0.4) is 0 Å². The normalized spacial score (nSPS) is 11.2. The number of phenols is 3. The molecular weight excluding hydrogens is 348 g/mol. The summed E-state index contributed by atoms with van der Waals surface area (Å²) >= 11 is 0. The van der Waals surface area contributed by atoms with Crippen LogP contribution in [-0.2, 0) is 11.2 Å². The van der Waals surface area contributed by atoms with Crippen LogP contribution >= 0.6 is 0 Å². The van der Waals surface area contributed by atoms with Crippen molar-refractivity contribution in [1.29, 1.82) is 0 Å². The predicted molar refractivity (Wildman–Crippen MR) is 102 cm³/mol. The van der Waals surface area contributed by atoms with Crippen LogP contribution in [0.15, 0.2) is 48.6 Å². The first-order chi connectivity index (χ1) is 12.9. The highest BCUT2D eigenvalue weighted by atomic mass is 16.5. The molecule has 0 fully saturated rings. The zero-order valence-electron chi connectivity index (χ0n) is 15.2. The lowest BCUT2D eigenvalue weighted by Crippen LogP contribution is -1.96. The third-order valence-electron chi connectivity index (χ3n) is 3.88. The fourth-order valence-corrected chi connectivity index (χ4v) is 2.42. The van der Waals surface area contributed by atoms with Crippen LogP contribution < -0.4 is 9.47 Å². The van der Waals surface area contributed by atoms with E-state index in [0.29, 0.717) is 24.2 Å². The Hall–Kier alpha value is -3.41. The van der Waals surface area contributed by atoms with E-state index in [2.05, 4.69) is 0 Å². The lowest BCUT2D eigenvalue weighted by atomic mass is 10.1.